The number of carbonyl (C=O) groups is 3. The van der Waals surface area contributed by atoms with E-state index in [-0.39, 0.29) is 30.7 Å². The number of carbonyl (C=O) groups excluding carboxylic acids is 3. The average Bonchev–Trinajstić information content (AvgIpc) is 3.25. The lowest BCUT2D eigenvalue weighted by Gasteiger charge is -2.32. The third-order valence-electron chi connectivity index (χ3n) is 7.38. The summed E-state index contributed by atoms with van der Waals surface area (Å²) in [6.07, 6.45) is 0.976. The van der Waals surface area contributed by atoms with E-state index in [0.29, 0.717) is 41.5 Å². The van der Waals surface area contributed by atoms with E-state index in [2.05, 4.69) is 5.32 Å². The molecule has 0 spiro atoms. The van der Waals surface area contributed by atoms with E-state index in [0.717, 1.165) is 27.6 Å². The second-order valence-corrected chi connectivity index (χ2v) is 10.9. The van der Waals surface area contributed by atoms with Crippen LogP contribution in [0.15, 0.2) is 84.9 Å². The Morgan fingerprint density at radius 1 is 0.902 bits per heavy atom. The van der Waals surface area contributed by atoms with Crippen molar-refractivity contribution in [3.63, 3.8) is 0 Å². The summed E-state index contributed by atoms with van der Waals surface area (Å²) in [5.41, 5.74) is 3.27. The molecule has 0 saturated carbocycles. The van der Waals surface area contributed by atoms with E-state index in [1.165, 1.54) is 0 Å². The van der Waals surface area contributed by atoms with Crippen LogP contribution in [0.4, 0.5) is 5.69 Å². The molecule has 6 nitrogen and oxygen atoms in total. The average molecular weight is 589 g/mol. The van der Waals surface area contributed by atoms with Crippen LogP contribution in [0.1, 0.15) is 41.3 Å². The SMILES string of the molecule is CCNC(=O)C(Cc1ccccc1)N(Cc1ccc(Cl)c(Cl)c1)C(=O)CCCN1C(=O)c2cccc3cccc1c23. The second-order valence-electron chi connectivity index (χ2n) is 10.1. The molecule has 210 valence electrons. The van der Waals surface area contributed by atoms with Crippen LogP contribution in [0.3, 0.4) is 0 Å². The Hall–Kier alpha value is -3.87. The normalized spacial score (nSPS) is 13.0. The highest BCUT2D eigenvalue weighted by molar-refractivity contribution is 6.42. The van der Waals surface area contributed by atoms with Crippen LogP contribution in [0.2, 0.25) is 10.0 Å². The molecule has 0 fully saturated rings. The van der Waals surface area contributed by atoms with Crippen LogP contribution in [-0.4, -0.2) is 41.8 Å². The molecule has 1 aliphatic rings. The van der Waals surface area contributed by atoms with Gasteiger partial charge in [-0.15, -0.1) is 0 Å². The maximum absolute atomic E-state index is 13.9. The highest BCUT2D eigenvalue weighted by Crippen LogP contribution is 2.37. The highest BCUT2D eigenvalue weighted by atomic mass is 35.5. The summed E-state index contributed by atoms with van der Waals surface area (Å²) in [5, 5.41) is 5.68. The maximum atomic E-state index is 13.9. The van der Waals surface area contributed by atoms with E-state index in [1.807, 2.05) is 79.7 Å². The molecule has 1 unspecified atom stereocenters. The van der Waals surface area contributed by atoms with Crippen LogP contribution >= 0.6 is 23.2 Å². The smallest absolute Gasteiger partial charge is 0.258 e. The lowest BCUT2D eigenvalue weighted by Crippen LogP contribution is -2.50. The van der Waals surface area contributed by atoms with Gasteiger partial charge in [0.05, 0.1) is 15.7 Å². The largest absolute Gasteiger partial charge is 0.355 e. The molecule has 41 heavy (non-hydrogen) atoms. The summed E-state index contributed by atoms with van der Waals surface area (Å²) in [5.74, 6) is -0.451. The Kier molecular flexibility index (Phi) is 8.91. The maximum Gasteiger partial charge on any atom is 0.258 e. The van der Waals surface area contributed by atoms with Crippen molar-refractivity contribution in [1.82, 2.24) is 10.2 Å². The van der Waals surface area contributed by atoms with Crippen LogP contribution in [0.5, 0.6) is 0 Å². The molecule has 3 amide bonds. The van der Waals surface area contributed by atoms with Crippen molar-refractivity contribution in [3.8, 4) is 0 Å². The van der Waals surface area contributed by atoms with E-state index in [4.69, 9.17) is 23.2 Å². The van der Waals surface area contributed by atoms with Gasteiger partial charge in [0, 0.05) is 43.4 Å². The van der Waals surface area contributed by atoms with Gasteiger partial charge in [-0.3, -0.25) is 14.4 Å². The van der Waals surface area contributed by atoms with E-state index >= 15 is 0 Å². The monoisotopic (exact) mass is 587 g/mol. The molecule has 4 aromatic rings. The Bertz CT molecular complexity index is 1590. The second kappa shape index (κ2) is 12.8. The summed E-state index contributed by atoms with van der Waals surface area (Å²) in [4.78, 5) is 43.8. The van der Waals surface area contributed by atoms with Crippen LogP contribution < -0.4 is 10.2 Å². The van der Waals surface area contributed by atoms with Gasteiger partial charge in [0.15, 0.2) is 0 Å². The molecule has 0 bridgehead atoms. The van der Waals surface area contributed by atoms with Gasteiger partial charge in [0.25, 0.3) is 5.91 Å². The molecule has 0 radical (unpaired) electrons. The Labute approximate surface area is 249 Å². The molecule has 1 atom stereocenters. The number of nitrogens with one attached hydrogen (secondary N) is 1. The van der Waals surface area contributed by atoms with Crippen molar-refractivity contribution in [3.05, 3.63) is 112 Å². The summed E-state index contributed by atoms with van der Waals surface area (Å²) in [6, 6.07) is 25.8. The molecule has 0 saturated heterocycles. The number of amides is 3. The first-order chi connectivity index (χ1) is 19.9. The van der Waals surface area contributed by atoms with E-state index in [9.17, 15) is 14.4 Å². The number of rotatable bonds is 11. The predicted octanol–water partition coefficient (Wildman–Crippen LogP) is 6.66. The number of hydrogen-bond acceptors (Lipinski definition) is 3. The molecule has 1 aliphatic heterocycles. The third-order valence-corrected chi connectivity index (χ3v) is 8.12. The Morgan fingerprint density at radius 3 is 2.39 bits per heavy atom. The quantitative estimate of drug-likeness (QED) is 0.213. The third kappa shape index (κ3) is 6.24. The van der Waals surface area contributed by atoms with Gasteiger partial charge in [-0.25, -0.2) is 0 Å². The molecule has 5 rings (SSSR count). The topological polar surface area (TPSA) is 69.7 Å². The minimum atomic E-state index is -0.731. The summed E-state index contributed by atoms with van der Waals surface area (Å²) >= 11 is 12.4. The number of benzene rings is 4. The van der Waals surface area contributed by atoms with E-state index in [1.54, 1.807) is 21.9 Å². The summed E-state index contributed by atoms with van der Waals surface area (Å²) in [7, 11) is 0. The number of anilines is 1. The minimum Gasteiger partial charge on any atom is -0.355 e. The standard InChI is InChI=1S/C33H31Cl2N3O3/c1-2-36-32(40)29(20-22-9-4-3-5-10-22)38(21-23-16-17-26(34)27(35)19-23)30(39)15-8-18-37-28-14-7-12-24-11-6-13-25(31(24)28)33(37)41/h3-7,9-14,16-17,19,29H,2,8,15,18,20-21H2,1H3,(H,36,40). The van der Waals surface area contributed by atoms with Crippen molar-refractivity contribution in [2.75, 3.05) is 18.0 Å². The van der Waals surface area contributed by atoms with Crippen LogP contribution in [-0.2, 0) is 22.6 Å². The Morgan fingerprint density at radius 2 is 1.66 bits per heavy atom. The van der Waals surface area contributed by atoms with Crippen molar-refractivity contribution >= 4 is 57.4 Å². The zero-order valence-corrected chi connectivity index (χ0v) is 24.3. The zero-order valence-electron chi connectivity index (χ0n) is 22.8. The fraction of sp³-hybridized carbons (Fsp3) is 0.242. The van der Waals surface area contributed by atoms with Crippen LogP contribution in [0.25, 0.3) is 10.8 Å². The lowest BCUT2D eigenvalue weighted by molar-refractivity contribution is -0.141. The molecule has 1 heterocycles. The molecule has 8 heteroatoms. The molecular formula is C33H31Cl2N3O3. The van der Waals surface area contributed by atoms with Crippen molar-refractivity contribution in [2.24, 2.45) is 0 Å². The van der Waals surface area contributed by atoms with Gasteiger partial charge in [0.2, 0.25) is 11.8 Å². The fourth-order valence-electron chi connectivity index (χ4n) is 5.41. The molecule has 0 aliphatic carbocycles. The van der Waals surface area contributed by atoms with Gasteiger partial charge < -0.3 is 15.1 Å². The van der Waals surface area contributed by atoms with Crippen molar-refractivity contribution < 1.29 is 14.4 Å². The van der Waals surface area contributed by atoms with Crippen molar-refractivity contribution in [2.45, 2.75) is 38.8 Å². The zero-order chi connectivity index (χ0) is 28.9. The Balaban J connectivity index is 1.37. The number of likely N-dealkylation sites (N-methyl/N-ethyl adjacent to an activating group) is 1. The van der Waals surface area contributed by atoms with Gasteiger partial charge in [-0.1, -0.05) is 83.9 Å². The van der Waals surface area contributed by atoms with Gasteiger partial charge in [-0.05, 0) is 54.1 Å². The number of halogens is 2. The van der Waals surface area contributed by atoms with Crippen LogP contribution in [0, 0.1) is 0 Å². The fourth-order valence-corrected chi connectivity index (χ4v) is 5.73. The lowest BCUT2D eigenvalue weighted by atomic mass is 10.0. The first kappa shape index (κ1) is 28.7. The van der Waals surface area contributed by atoms with Gasteiger partial charge in [-0.2, -0.15) is 0 Å². The minimum absolute atomic E-state index is 0.0545. The number of hydrogen-bond donors (Lipinski definition) is 1. The predicted molar refractivity (Wildman–Crippen MR) is 164 cm³/mol. The first-order valence-electron chi connectivity index (χ1n) is 13.8. The molecule has 0 aromatic heterocycles. The summed E-state index contributed by atoms with van der Waals surface area (Å²) < 4.78 is 0. The number of nitrogens with zero attached hydrogens (tertiary/aromatic N) is 2. The molecule has 4 aromatic carbocycles. The van der Waals surface area contributed by atoms with Crippen molar-refractivity contribution in [1.29, 1.82) is 0 Å². The summed E-state index contributed by atoms with van der Waals surface area (Å²) in [6.45, 7) is 2.89. The van der Waals surface area contributed by atoms with E-state index < -0.39 is 6.04 Å². The molecule has 1 N–H and O–H groups in total. The molecular weight excluding hydrogens is 557 g/mol. The highest BCUT2D eigenvalue weighted by Gasteiger charge is 2.32. The van der Waals surface area contributed by atoms with Gasteiger partial charge in [0.1, 0.15) is 6.04 Å². The first-order valence-corrected chi connectivity index (χ1v) is 14.5. The van der Waals surface area contributed by atoms with Gasteiger partial charge >= 0.3 is 0 Å².